The Morgan fingerprint density at radius 1 is 0.959 bits per heavy atom. The number of carbonyl (C=O) groups is 5. The van der Waals surface area contributed by atoms with Crippen molar-refractivity contribution in [2.75, 3.05) is 39.4 Å². The van der Waals surface area contributed by atoms with Crippen molar-refractivity contribution in [3.8, 4) is 5.75 Å². The van der Waals surface area contributed by atoms with Crippen molar-refractivity contribution in [1.82, 2.24) is 25.8 Å². The highest BCUT2D eigenvalue weighted by Crippen LogP contribution is 2.32. The van der Waals surface area contributed by atoms with Crippen molar-refractivity contribution < 1.29 is 38.6 Å². The molecule has 5 amide bonds. The zero-order valence-electron chi connectivity index (χ0n) is 27.7. The van der Waals surface area contributed by atoms with E-state index < -0.39 is 60.6 Å². The standard InChI is InChI=1S/C36H45N5O8/c1-22(42)33-36(47)40(17-24-12-13-24)20-31(43)37-28(15-23-7-3-2-4-8-23)34(45)38-29-19-41(35(46)30-11-6-14-48-30)18-27(29)25-9-5-10-26(16-25)49-21-32(44)39-33/h2-5,7-10,16,22,24,27-30,33,42H,6,11-15,17-21H2,1H3,(H,37,43)(H,38,45)(H,39,44)/t22-,27-,28+,29+,30+,33+/m1/s1. The fourth-order valence-corrected chi connectivity index (χ4v) is 6.83. The molecule has 13 heteroatoms. The Balaban J connectivity index is 1.32. The number of aliphatic hydroxyl groups excluding tert-OH is 1. The third kappa shape index (κ3) is 8.76. The minimum atomic E-state index is -1.30. The Morgan fingerprint density at radius 2 is 1.76 bits per heavy atom. The van der Waals surface area contributed by atoms with Gasteiger partial charge in [0.15, 0.2) is 6.61 Å². The van der Waals surface area contributed by atoms with Gasteiger partial charge in [-0.25, -0.2) is 0 Å². The van der Waals surface area contributed by atoms with Crippen LogP contribution in [0.3, 0.4) is 0 Å². The molecule has 3 heterocycles. The first-order valence-corrected chi connectivity index (χ1v) is 17.2. The van der Waals surface area contributed by atoms with Crippen LogP contribution >= 0.6 is 0 Å². The third-order valence-electron chi connectivity index (χ3n) is 9.64. The predicted molar refractivity (Wildman–Crippen MR) is 177 cm³/mol. The van der Waals surface area contributed by atoms with Gasteiger partial charge in [-0.1, -0.05) is 42.5 Å². The summed E-state index contributed by atoms with van der Waals surface area (Å²) >= 11 is 0. The summed E-state index contributed by atoms with van der Waals surface area (Å²) in [4.78, 5) is 71.0. The summed E-state index contributed by atoms with van der Waals surface area (Å²) in [6, 6.07) is 13.7. The second kappa shape index (κ2) is 15.4. The van der Waals surface area contributed by atoms with Crippen molar-refractivity contribution in [3.05, 3.63) is 65.7 Å². The molecule has 0 radical (unpaired) electrons. The second-order valence-electron chi connectivity index (χ2n) is 13.6. The lowest BCUT2D eigenvalue weighted by Gasteiger charge is -2.30. The molecule has 2 aromatic carbocycles. The lowest BCUT2D eigenvalue weighted by atomic mass is 9.93. The average Bonchev–Trinajstić information content (AvgIpc) is 3.55. The van der Waals surface area contributed by atoms with Crippen LogP contribution in [0.25, 0.3) is 0 Å². The summed E-state index contributed by atoms with van der Waals surface area (Å²) in [6.45, 7) is 2.02. The number of hydrogen-bond donors (Lipinski definition) is 4. The number of benzene rings is 2. The molecule has 13 nitrogen and oxygen atoms in total. The van der Waals surface area contributed by atoms with Crippen LogP contribution in [0, 0.1) is 5.92 Å². The topological polar surface area (TPSA) is 167 Å². The molecule has 1 aliphatic carbocycles. The van der Waals surface area contributed by atoms with Gasteiger partial charge < -0.3 is 40.3 Å². The van der Waals surface area contributed by atoms with E-state index in [9.17, 15) is 29.1 Å². The van der Waals surface area contributed by atoms with Gasteiger partial charge in [0, 0.05) is 38.6 Å². The molecule has 1 saturated carbocycles. The van der Waals surface area contributed by atoms with Gasteiger partial charge in [-0.2, -0.15) is 0 Å². The molecule has 0 aromatic heterocycles. The van der Waals surface area contributed by atoms with Crippen LogP contribution < -0.4 is 20.7 Å². The van der Waals surface area contributed by atoms with Crippen molar-refractivity contribution in [1.29, 1.82) is 0 Å². The van der Waals surface area contributed by atoms with E-state index in [1.54, 1.807) is 23.1 Å². The first-order chi connectivity index (χ1) is 23.6. The molecule has 2 bridgehead atoms. The van der Waals surface area contributed by atoms with Gasteiger partial charge in [0.1, 0.15) is 23.9 Å². The van der Waals surface area contributed by atoms with Crippen molar-refractivity contribution >= 4 is 29.5 Å². The van der Waals surface area contributed by atoms with Gasteiger partial charge in [0.05, 0.1) is 18.7 Å². The summed E-state index contributed by atoms with van der Waals surface area (Å²) < 4.78 is 11.5. The van der Waals surface area contributed by atoms with Crippen LogP contribution in [0.5, 0.6) is 5.75 Å². The number of ether oxygens (including phenoxy) is 2. The lowest BCUT2D eigenvalue weighted by Crippen LogP contribution is -2.58. The molecule has 2 aromatic rings. The van der Waals surface area contributed by atoms with Crippen LogP contribution in [0.2, 0.25) is 0 Å². The van der Waals surface area contributed by atoms with Crippen LogP contribution in [0.4, 0.5) is 0 Å². The van der Waals surface area contributed by atoms with Gasteiger partial charge in [-0.3, -0.25) is 24.0 Å². The van der Waals surface area contributed by atoms with Crippen molar-refractivity contribution in [2.24, 2.45) is 5.92 Å². The molecule has 6 atom stereocenters. The van der Waals surface area contributed by atoms with Gasteiger partial charge in [-0.05, 0) is 61.8 Å². The third-order valence-corrected chi connectivity index (χ3v) is 9.64. The zero-order chi connectivity index (χ0) is 34.5. The zero-order valence-corrected chi connectivity index (χ0v) is 27.7. The van der Waals surface area contributed by atoms with Crippen LogP contribution in [0.1, 0.15) is 49.7 Å². The van der Waals surface area contributed by atoms with E-state index >= 15 is 0 Å². The Morgan fingerprint density at radius 3 is 2.47 bits per heavy atom. The average molecular weight is 676 g/mol. The molecule has 3 aliphatic heterocycles. The smallest absolute Gasteiger partial charge is 0.258 e. The highest BCUT2D eigenvalue weighted by atomic mass is 16.5. The maximum absolute atomic E-state index is 14.1. The molecule has 3 fully saturated rings. The molecule has 49 heavy (non-hydrogen) atoms. The fraction of sp³-hybridized carbons (Fsp3) is 0.528. The largest absolute Gasteiger partial charge is 0.484 e. The van der Waals surface area contributed by atoms with Gasteiger partial charge in [0.25, 0.3) is 11.8 Å². The van der Waals surface area contributed by atoms with E-state index in [2.05, 4.69) is 16.0 Å². The maximum Gasteiger partial charge on any atom is 0.258 e. The SMILES string of the molecule is C[C@@H](O)[C@@H]1NC(=O)COc2cccc(c2)[C@H]2CN(C(=O)[C@@H]3CCCO3)C[C@@H]2NC(=O)[C@H](Cc2ccccc2)NC(=O)CN(CC2CC2)C1=O. The number of fused-ring (bicyclic) bond motifs is 4. The summed E-state index contributed by atoms with van der Waals surface area (Å²) in [6.07, 6.45) is 1.69. The molecule has 6 rings (SSSR count). The molecule has 0 spiro atoms. The van der Waals surface area contributed by atoms with Crippen LogP contribution in [-0.4, -0.2) is 114 Å². The summed E-state index contributed by atoms with van der Waals surface area (Å²) in [5.74, 6) is -2.00. The number of hydrogen-bond acceptors (Lipinski definition) is 8. The molecule has 4 aliphatic rings. The monoisotopic (exact) mass is 675 g/mol. The fourth-order valence-electron chi connectivity index (χ4n) is 6.83. The summed E-state index contributed by atoms with van der Waals surface area (Å²) in [5.41, 5.74) is 1.62. The van der Waals surface area contributed by atoms with Gasteiger partial charge in [0.2, 0.25) is 17.7 Å². The highest BCUT2D eigenvalue weighted by Gasteiger charge is 2.41. The van der Waals surface area contributed by atoms with Crippen LogP contribution in [0.15, 0.2) is 54.6 Å². The first kappa shape index (κ1) is 34.4. The summed E-state index contributed by atoms with van der Waals surface area (Å²) in [5, 5.41) is 19.1. The molecule has 262 valence electrons. The van der Waals surface area contributed by atoms with Gasteiger partial charge in [-0.15, -0.1) is 0 Å². The number of amides is 5. The van der Waals surface area contributed by atoms with E-state index in [1.165, 1.54) is 11.8 Å². The molecule has 4 N–H and O–H groups in total. The Hall–Kier alpha value is -4.49. The van der Waals surface area contributed by atoms with E-state index in [-0.39, 0.29) is 43.8 Å². The predicted octanol–water partition coefficient (Wildman–Crippen LogP) is 0.500. The van der Waals surface area contributed by atoms with Crippen molar-refractivity contribution in [3.63, 3.8) is 0 Å². The number of likely N-dealkylation sites (tertiary alicyclic amines) is 1. The van der Waals surface area contributed by atoms with E-state index in [4.69, 9.17) is 9.47 Å². The van der Waals surface area contributed by atoms with E-state index in [1.807, 2.05) is 36.4 Å². The minimum absolute atomic E-state index is 0.121. The number of rotatable bonds is 6. The summed E-state index contributed by atoms with van der Waals surface area (Å²) in [7, 11) is 0. The minimum Gasteiger partial charge on any atom is -0.484 e. The normalized spacial score (nSPS) is 27.6. The Labute approximate surface area is 285 Å². The quantitative estimate of drug-likeness (QED) is 0.344. The number of carbonyl (C=O) groups excluding carboxylic acids is 5. The Bertz CT molecular complexity index is 1530. The number of nitrogens with zero attached hydrogens (tertiary/aromatic N) is 2. The van der Waals surface area contributed by atoms with Gasteiger partial charge >= 0.3 is 0 Å². The molecular weight excluding hydrogens is 630 g/mol. The second-order valence-corrected chi connectivity index (χ2v) is 13.6. The number of nitrogens with one attached hydrogen (secondary N) is 3. The Kier molecular flexibility index (Phi) is 10.8. The lowest BCUT2D eigenvalue weighted by molar-refractivity contribution is -0.143. The molecular formula is C36H45N5O8. The number of aliphatic hydroxyl groups is 1. The van der Waals surface area contributed by atoms with Crippen LogP contribution in [-0.2, 0) is 35.1 Å². The highest BCUT2D eigenvalue weighted by molar-refractivity contribution is 5.93. The van der Waals surface area contributed by atoms with Crippen molar-refractivity contribution in [2.45, 2.75) is 75.3 Å². The maximum atomic E-state index is 14.1. The van der Waals surface area contributed by atoms with E-state index in [0.717, 1.165) is 30.4 Å². The molecule has 2 saturated heterocycles. The first-order valence-electron chi connectivity index (χ1n) is 17.2. The van der Waals surface area contributed by atoms with E-state index in [0.29, 0.717) is 25.3 Å². The molecule has 0 unspecified atom stereocenters.